The molecule has 4 aromatic rings. The van der Waals surface area contributed by atoms with Crippen molar-refractivity contribution in [2.24, 2.45) is 0 Å². The number of H-pyrrole nitrogens is 1. The Morgan fingerprint density at radius 3 is 2.33 bits per heavy atom. The van der Waals surface area contributed by atoms with E-state index in [4.69, 9.17) is 4.74 Å². The van der Waals surface area contributed by atoms with Gasteiger partial charge >= 0.3 is 5.69 Å². The van der Waals surface area contributed by atoms with Gasteiger partial charge < -0.3 is 15.0 Å². The molecule has 27 heavy (non-hydrogen) atoms. The summed E-state index contributed by atoms with van der Waals surface area (Å²) >= 11 is 0. The van der Waals surface area contributed by atoms with E-state index in [2.05, 4.69) is 10.3 Å². The first-order valence-electron chi connectivity index (χ1n) is 8.49. The standard InChI is InChI=1S/C21H17N3O3/c25-20(14-24-19-9-5-4-8-18(19)23-21(24)26)22-15-10-12-17(13-11-15)27-16-6-2-1-3-7-16/h1-13H,14H2,(H,22,25)(H,23,26). The molecule has 134 valence electrons. The second-order valence-corrected chi connectivity index (χ2v) is 6.02. The van der Waals surface area contributed by atoms with Gasteiger partial charge in [-0.25, -0.2) is 4.79 Å². The van der Waals surface area contributed by atoms with Crippen LogP contribution in [0.1, 0.15) is 0 Å². The maximum absolute atomic E-state index is 12.3. The summed E-state index contributed by atoms with van der Waals surface area (Å²) in [4.78, 5) is 27.1. The van der Waals surface area contributed by atoms with Crippen LogP contribution in [-0.4, -0.2) is 15.5 Å². The Kier molecular flexibility index (Phi) is 4.45. The summed E-state index contributed by atoms with van der Waals surface area (Å²) in [5, 5.41) is 2.80. The lowest BCUT2D eigenvalue weighted by atomic mass is 10.3. The van der Waals surface area contributed by atoms with Gasteiger partial charge in [0.25, 0.3) is 0 Å². The normalized spacial score (nSPS) is 10.7. The molecule has 2 N–H and O–H groups in total. The number of para-hydroxylation sites is 3. The molecular formula is C21H17N3O3. The predicted octanol–water partition coefficient (Wildman–Crippen LogP) is 3.76. The monoisotopic (exact) mass is 359 g/mol. The minimum absolute atomic E-state index is 0.0644. The van der Waals surface area contributed by atoms with Crippen molar-refractivity contribution in [2.45, 2.75) is 6.54 Å². The summed E-state index contributed by atoms with van der Waals surface area (Å²) in [6.07, 6.45) is 0. The largest absolute Gasteiger partial charge is 0.457 e. The molecule has 6 nitrogen and oxygen atoms in total. The molecule has 0 aliphatic rings. The van der Waals surface area contributed by atoms with Crippen LogP contribution < -0.4 is 15.7 Å². The van der Waals surface area contributed by atoms with Crippen molar-refractivity contribution < 1.29 is 9.53 Å². The zero-order valence-electron chi connectivity index (χ0n) is 14.4. The van der Waals surface area contributed by atoms with Crippen molar-refractivity contribution in [1.29, 1.82) is 0 Å². The lowest BCUT2D eigenvalue weighted by molar-refractivity contribution is -0.116. The third-order valence-corrected chi connectivity index (χ3v) is 4.10. The van der Waals surface area contributed by atoms with Gasteiger partial charge in [-0.15, -0.1) is 0 Å². The minimum atomic E-state index is -0.307. The first kappa shape index (κ1) is 16.7. The number of carbonyl (C=O) groups is 1. The summed E-state index contributed by atoms with van der Waals surface area (Å²) in [7, 11) is 0. The second kappa shape index (κ2) is 7.21. The maximum Gasteiger partial charge on any atom is 0.326 e. The fraction of sp³-hybridized carbons (Fsp3) is 0.0476. The Labute approximate surface area is 155 Å². The molecule has 0 unspecified atom stereocenters. The Morgan fingerprint density at radius 1 is 0.889 bits per heavy atom. The van der Waals surface area contributed by atoms with E-state index in [1.165, 1.54) is 4.57 Å². The molecule has 0 saturated heterocycles. The summed E-state index contributed by atoms with van der Waals surface area (Å²) in [6, 6.07) is 23.8. The molecule has 0 atom stereocenters. The smallest absolute Gasteiger partial charge is 0.326 e. The van der Waals surface area contributed by atoms with Crippen molar-refractivity contribution in [3.63, 3.8) is 0 Å². The molecular weight excluding hydrogens is 342 g/mol. The molecule has 1 heterocycles. The van der Waals surface area contributed by atoms with Crippen molar-refractivity contribution >= 4 is 22.6 Å². The second-order valence-electron chi connectivity index (χ2n) is 6.02. The number of hydrogen-bond donors (Lipinski definition) is 2. The van der Waals surface area contributed by atoms with Crippen LogP contribution in [0.5, 0.6) is 11.5 Å². The zero-order valence-corrected chi connectivity index (χ0v) is 14.4. The van der Waals surface area contributed by atoms with E-state index in [9.17, 15) is 9.59 Å². The molecule has 0 bridgehead atoms. The van der Waals surface area contributed by atoms with Gasteiger partial charge in [0.05, 0.1) is 11.0 Å². The molecule has 0 fully saturated rings. The number of aromatic amines is 1. The topological polar surface area (TPSA) is 76.1 Å². The highest BCUT2D eigenvalue weighted by Crippen LogP contribution is 2.22. The number of benzene rings is 3. The molecule has 1 aromatic heterocycles. The Balaban J connectivity index is 1.43. The van der Waals surface area contributed by atoms with E-state index in [1.54, 1.807) is 36.4 Å². The molecule has 6 heteroatoms. The highest BCUT2D eigenvalue weighted by Gasteiger charge is 2.10. The molecule has 1 amide bonds. The average Bonchev–Trinajstić information content (AvgIpc) is 2.99. The number of nitrogens with zero attached hydrogens (tertiary/aromatic N) is 1. The van der Waals surface area contributed by atoms with Crippen molar-refractivity contribution in [1.82, 2.24) is 9.55 Å². The first-order chi connectivity index (χ1) is 13.2. The lowest BCUT2D eigenvalue weighted by Gasteiger charge is -2.08. The van der Waals surface area contributed by atoms with Crippen LogP contribution in [0.3, 0.4) is 0 Å². The van der Waals surface area contributed by atoms with E-state index < -0.39 is 0 Å². The number of aromatic nitrogens is 2. The fourth-order valence-electron chi connectivity index (χ4n) is 2.84. The third kappa shape index (κ3) is 3.74. The van der Waals surface area contributed by atoms with Crippen LogP contribution >= 0.6 is 0 Å². The average molecular weight is 359 g/mol. The van der Waals surface area contributed by atoms with Crippen LogP contribution in [0.4, 0.5) is 5.69 Å². The van der Waals surface area contributed by atoms with Gasteiger partial charge in [0.1, 0.15) is 18.0 Å². The molecule has 4 rings (SSSR count). The molecule has 0 radical (unpaired) electrons. The van der Waals surface area contributed by atoms with Crippen molar-refractivity contribution in [3.8, 4) is 11.5 Å². The number of hydrogen-bond acceptors (Lipinski definition) is 3. The molecule has 0 aliphatic heterocycles. The zero-order chi connectivity index (χ0) is 18.6. The minimum Gasteiger partial charge on any atom is -0.457 e. The highest BCUT2D eigenvalue weighted by atomic mass is 16.5. The van der Waals surface area contributed by atoms with Gasteiger partial charge in [-0.05, 0) is 48.5 Å². The molecule has 0 spiro atoms. The van der Waals surface area contributed by atoms with E-state index >= 15 is 0 Å². The first-order valence-corrected chi connectivity index (χ1v) is 8.49. The predicted molar refractivity (Wildman–Crippen MR) is 104 cm³/mol. The van der Waals surface area contributed by atoms with Gasteiger partial charge in [-0.3, -0.25) is 9.36 Å². The van der Waals surface area contributed by atoms with E-state index in [0.29, 0.717) is 22.5 Å². The number of fused-ring (bicyclic) bond motifs is 1. The maximum atomic E-state index is 12.3. The lowest BCUT2D eigenvalue weighted by Crippen LogP contribution is -2.25. The summed E-state index contributed by atoms with van der Waals surface area (Å²) in [5.74, 6) is 1.14. The Bertz CT molecular complexity index is 1130. The molecule has 0 saturated carbocycles. The number of amides is 1. The number of nitrogens with one attached hydrogen (secondary N) is 2. The SMILES string of the molecule is O=C(Cn1c(=O)[nH]c2ccccc21)Nc1ccc(Oc2ccccc2)cc1. The van der Waals surface area contributed by atoms with Crippen molar-refractivity contribution in [3.05, 3.63) is 89.3 Å². The van der Waals surface area contributed by atoms with E-state index in [0.717, 1.165) is 5.75 Å². The van der Waals surface area contributed by atoms with E-state index in [-0.39, 0.29) is 18.1 Å². The third-order valence-electron chi connectivity index (χ3n) is 4.10. The quantitative estimate of drug-likeness (QED) is 0.570. The van der Waals surface area contributed by atoms with Gasteiger partial charge in [0, 0.05) is 5.69 Å². The number of anilines is 1. The number of ether oxygens (including phenoxy) is 1. The Hall–Kier alpha value is -3.80. The number of rotatable bonds is 5. The summed E-state index contributed by atoms with van der Waals surface area (Å²) in [5.41, 5.74) is 1.73. The van der Waals surface area contributed by atoms with Gasteiger partial charge in [-0.1, -0.05) is 30.3 Å². The number of imidazole rings is 1. The summed E-state index contributed by atoms with van der Waals surface area (Å²) < 4.78 is 7.14. The summed E-state index contributed by atoms with van der Waals surface area (Å²) in [6.45, 7) is -0.0644. The van der Waals surface area contributed by atoms with Crippen molar-refractivity contribution in [2.75, 3.05) is 5.32 Å². The van der Waals surface area contributed by atoms with Crippen LogP contribution in [0, 0.1) is 0 Å². The molecule has 3 aromatic carbocycles. The van der Waals surface area contributed by atoms with Crippen LogP contribution in [0.15, 0.2) is 83.7 Å². The van der Waals surface area contributed by atoms with E-state index in [1.807, 2.05) is 42.5 Å². The van der Waals surface area contributed by atoms with Crippen LogP contribution in [0.2, 0.25) is 0 Å². The highest BCUT2D eigenvalue weighted by molar-refractivity contribution is 5.91. The fourth-order valence-corrected chi connectivity index (χ4v) is 2.84. The van der Waals surface area contributed by atoms with Crippen LogP contribution in [-0.2, 0) is 11.3 Å². The van der Waals surface area contributed by atoms with Gasteiger partial charge in [0.15, 0.2) is 0 Å². The van der Waals surface area contributed by atoms with Gasteiger partial charge in [0.2, 0.25) is 5.91 Å². The molecule has 0 aliphatic carbocycles. The Morgan fingerprint density at radius 2 is 1.56 bits per heavy atom. The van der Waals surface area contributed by atoms with Crippen LogP contribution in [0.25, 0.3) is 11.0 Å². The number of carbonyl (C=O) groups excluding carboxylic acids is 1. The van der Waals surface area contributed by atoms with Gasteiger partial charge in [-0.2, -0.15) is 0 Å².